The number of benzene rings is 1. The normalized spacial score (nSPS) is 26.1. The molecule has 1 heterocycles. The number of hydrogen-bond acceptors (Lipinski definition) is 3. The maximum Gasteiger partial charge on any atom is 0.0798 e. The lowest BCUT2D eigenvalue weighted by molar-refractivity contribution is 0.127. The van der Waals surface area contributed by atoms with Crippen LogP contribution in [0.1, 0.15) is 38.4 Å². The molecule has 0 radical (unpaired) electrons. The minimum Gasteiger partial charge on any atom is -0.388 e. The van der Waals surface area contributed by atoms with Gasteiger partial charge in [-0.1, -0.05) is 25.1 Å². The van der Waals surface area contributed by atoms with E-state index >= 15 is 0 Å². The molecule has 2 rings (SSSR count). The van der Waals surface area contributed by atoms with Crippen molar-refractivity contribution in [3.63, 3.8) is 0 Å². The van der Waals surface area contributed by atoms with Gasteiger partial charge in [0.2, 0.25) is 0 Å². The van der Waals surface area contributed by atoms with Crippen molar-refractivity contribution in [3.05, 3.63) is 29.8 Å². The van der Waals surface area contributed by atoms with Gasteiger partial charge in [-0.15, -0.1) is 11.8 Å². The third kappa shape index (κ3) is 3.03. The first-order valence-corrected chi connectivity index (χ1v) is 7.15. The van der Waals surface area contributed by atoms with Crippen LogP contribution in [0.15, 0.2) is 29.2 Å². The summed E-state index contributed by atoms with van der Waals surface area (Å²) in [6.45, 7) is 4.99. The molecule has 1 N–H and O–H groups in total. The molecule has 0 bridgehead atoms. The van der Waals surface area contributed by atoms with E-state index in [-0.39, 0.29) is 6.10 Å². The summed E-state index contributed by atoms with van der Waals surface area (Å²) in [7, 11) is 0. The SMILES string of the molecule is CC[C@H](O)c1ccccc1SC1CCOC1C. The van der Waals surface area contributed by atoms with E-state index in [0.29, 0.717) is 11.4 Å². The Labute approximate surface area is 107 Å². The van der Waals surface area contributed by atoms with Crippen LogP contribution in [0.3, 0.4) is 0 Å². The van der Waals surface area contributed by atoms with Crippen LogP contribution in [-0.4, -0.2) is 23.1 Å². The Hall–Kier alpha value is -0.510. The molecule has 3 heteroatoms. The maximum absolute atomic E-state index is 10.0. The second-order valence-corrected chi connectivity index (χ2v) is 5.76. The fourth-order valence-electron chi connectivity index (χ4n) is 2.11. The number of hydrogen-bond donors (Lipinski definition) is 1. The van der Waals surface area contributed by atoms with Crippen LogP contribution in [0.2, 0.25) is 0 Å². The van der Waals surface area contributed by atoms with E-state index in [1.54, 1.807) is 0 Å². The molecule has 1 saturated heterocycles. The van der Waals surface area contributed by atoms with Gasteiger partial charge < -0.3 is 9.84 Å². The predicted molar refractivity (Wildman–Crippen MR) is 71.4 cm³/mol. The van der Waals surface area contributed by atoms with Gasteiger partial charge in [0, 0.05) is 16.8 Å². The van der Waals surface area contributed by atoms with E-state index in [0.717, 1.165) is 25.0 Å². The van der Waals surface area contributed by atoms with E-state index in [9.17, 15) is 5.11 Å². The number of thioether (sulfide) groups is 1. The zero-order valence-corrected chi connectivity index (χ0v) is 11.2. The molecule has 1 aromatic rings. The maximum atomic E-state index is 10.0. The second kappa shape index (κ2) is 5.89. The topological polar surface area (TPSA) is 29.5 Å². The zero-order valence-electron chi connectivity index (χ0n) is 10.4. The van der Waals surface area contributed by atoms with Crippen molar-refractivity contribution in [3.8, 4) is 0 Å². The van der Waals surface area contributed by atoms with Crippen LogP contribution >= 0.6 is 11.8 Å². The largest absolute Gasteiger partial charge is 0.388 e. The molecule has 1 aliphatic heterocycles. The van der Waals surface area contributed by atoms with Crippen LogP contribution < -0.4 is 0 Å². The summed E-state index contributed by atoms with van der Waals surface area (Å²) in [4.78, 5) is 1.20. The first-order chi connectivity index (χ1) is 8.22. The van der Waals surface area contributed by atoms with Gasteiger partial charge in [-0.3, -0.25) is 0 Å². The van der Waals surface area contributed by atoms with Crippen molar-refractivity contribution in [2.45, 2.75) is 49.0 Å². The predicted octanol–water partition coefficient (Wildman–Crippen LogP) is 3.40. The van der Waals surface area contributed by atoms with Gasteiger partial charge in [0.1, 0.15) is 0 Å². The molecule has 0 aliphatic carbocycles. The molecule has 2 unspecified atom stereocenters. The average molecular weight is 252 g/mol. The van der Waals surface area contributed by atoms with Crippen molar-refractivity contribution in [2.75, 3.05) is 6.61 Å². The Morgan fingerprint density at radius 3 is 2.88 bits per heavy atom. The Morgan fingerprint density at radius 1 is 1.47 bits per heavy atom. The fourth-order valence-corrected chi connectivity index (χ4v) is 3.42. The van der Waals surface area contributed by atoms with Gasteiger partial charge >= 0.3 is 0 Å². The van der Waals surface area contributed by atoms with Crippen LogP contribution in [0.4, 0.5) is 0 Å². The Morgan fingerprint density at radius 2 is 2.24 bits per heavy atom. The van der Waals surface area contributed by atoms with Gasteiger partial charge in [-0.05, 0) is 31.4 Å². The molecule has 0 aromatic heterocycles. The third-order valence-electron chi connectivity index (χ3n) is 3.25. The van der Waals surface area contributed by atoms with Crippen LogP contribution in [-0.2, 0) is 4.74 Å². The summed E-state index contributed by atoms with van der Waals surface area (Å²) in [5.74, 6) is 0. The van der Waals surface area contributed by atoms with Crippen LogP contribution in [0.5, 0.6) is 0 Å². The first-order valence-electron chi connectivity index (χ1n) is 6.27. The average Bonchev–Trinajstić information content (AvgIpc) is 2.75. The minimum absolute atomic E-state index is 0.312. The van der Waals surface area contributed by atoms with E-state index in [4.69, 9.17) is 4.74 Å². The smallest absolute Gasteiger partial charge is 0.0798 e. The molecule has 0 spiro atoms. The van der Waals surface area contributed by atoms with E-state index in [2.05, 4.69) is 13.0 Å². The highest BCUT2D eigenvalue weighted by molar-refractivity contribution is 8.00. The number of aliphatic hydroxyl groups is 1. The molecule has 0 amide bonds. The van der Waals surface area contributed by atoms with Crippen molar-refractivity contribution in [1.82, 2.24) is 0 Å². The monoisotopic (exact) mass is 252 g/mol. The van der Waals surface area contributed by atoms with Crippen molar-refractivity contribution in [1.29, 1.82) is 0 Å². The molecule has 1 aliphatic rings. The number of aliphatic hydroxyl groups excluding tert-OH is 1. The molecule has 2 nitrogen and oxygen atoms in total. The molecular formula is C14H20O2S. The lowest BCUT2D eigenvalue weighted by Crippen LogP contribution is -2.13. The van der Waals surface area contributed by atoms with Gasteiger partial charge in [-0.25, -0.2) is 0 Å². The zero-order chi connectivity index (χ0) is 12.3. The summed E-state index contributed by atoms with van der Waals surface area (Å²) in [5, 5.41) is 10.5. The highest BCUT2D eigenvalue weighted by Crippen LogP contribution is 2.36. The molecule has 1 aromatic carbocycles. The Bertz CT molecular complexity index is 367. The third-order valence-corrected chi connectivity index (χ3v) is 4.80. The summed E-state index contributed by atoms with van der Waals surface area (Å²) >= 11 is 1.84. The molecular weight excluding hydrogens is 232 g/mol. The standard InChI is InChI=1S/C14H20O2S/c1-3-12(15)11-6-4-5-7-14(11)17-13-8-9-16-10(13)2/h4-7,10,12-13,15H,3,8-9H2,1-2H3/t10?,12-,13?/m0/s1. The molecule has 3 atom stereocenters. The van der Waals surface area contributed by atoms with Gasteiger partial charge in [0.05, 0.1) is 12.2 Å². The minimum atomic E-state index is -0.351. The summed E-state index contributed by atoms with van der Waals surface area (Å²) in [5.41, 5.74) is 1.05. The van der Waals surface area contributed by atoms with E-state index in [1.807, 2.05) is 36.9 Å². The van der Waals surface area contributed by atoms with Crippen molar-refractivity contribution in [2.24, 2.45) is 0 Å². The molecule has 1 fully saturated rings. The fraction of sp³-hybridized carbons (Fsp3) is 0.571. The van der Waals surface area contributed by atoms with Crippen molar-refractivity contribution < 1.29 is 9.84 Å². The second-order valence-electron chi connectivity index (χ2n) is 4.48. The van der Waals surface area contributed by atoms with Crippen LogP contribution in [0, 0.1) is 0 Å². The summed E-state index contributed by atoms with van der Waals surface area (Å²) in [6.07, 6.45) is 1.82. The van der Waals surface area contributed by atoms with Gasteiger partial charge in [0.15, 0.2) is 0 Å². The van der Waals surface area contributed by atoms with Crippen molar-refractivity contribution >= 4 is 11.8 Å². The van der Waals surface area contributed by atoms with E-state index in [1.165, 1.54) is 4.90 Å². The first kappa shape index (κ1) is 12.9. The Balaban J connectivity index is 2.14. The van der Waals surface area contributed by atoms with Crippen LogP contribution in [0.25, 0.3) is 0 Å². The van der Waals surface area contributed by atoms with Gasteiger partial charge in [-0.2, -0.15) is 0 Å². The number of rotatable bonds is 4. The van der Waals surface area contributed by atoms with E-state index < -0.39 is 0 Å². The van der Waals surface area contributed by atoms with Gasteiger partial charge in [0.25, 0.3) is 0 Å². The lowest BCUT2D eigenvalue weighted by Gasteiger charge is -2.18. The highest BCUT2D eigenvalue weighted by atomic mass is 32.2. The summed E-state index contributed by atoms with van der Waals surface area (Å²) in [6, 6.07) is 8.16. The highest BCUT2D eigenvalue weighted by Gasteiger charge is 2.26. The molecule has 0 saturated carbocycles. The quantitative estimate of drug-likeness (QED) is 0.890. The molecule has 17 heavy (non-hydrogen) atoms. The summed E-state index contributed by atoms with van der Waals surface area (Å²) < 4.78 is 5.58. The lowest BCUT2D eigenvalue weighted by atomic mass is 10.1. The Kier molecular flexibility index (Phi) is 4.48. The molecule has 94 valence electrons. The number of ether oxygens (including phenoxy) is 1.